The third-order valence-corrected chi connectivity index (χ3v) is 6.28. The number of nitrogens with one attached hydrogen (secondary N) is 1. The lowest BCUT2D eigenvalue weighted by atomic mass is 10.0. The van der Waals surface area contributed by atoms with E-state index in [9.17, 15) is 18.4 Å². The van der Waals surface area contributed by atoms with Crippen molar-refractivity contribution in [3.63, 3.8) is 0 Å². The lowest BCUT2D eigenvalue weighted by Crippen LogP contribution is -2.26. The summed E-state index contributed by atoms with van der Waals surface area (Å²) in [6.45, 7) is 5.76. The van der Waals surface area contributed by atoms with Crippen molar-refractivity contribution in [3.05, 3.63) is 94.9 Å². The van der Waals surface area contributed by atoms with Gasteiger partial charge in [0.15, 0.2) is 11.6 Å². The van der Waals surface area contributed by atoms with Crippen LogP contribution in [0.25, 0.3) is 11.5 Å². The average molecular weight is 595 g/mol. The largest absolute Gasteiger partial charge is 0.493 e. The van der Waals surface area contributed by atoms with Gasteiger partial charge in [-0.2, -0.15) is 0 Å². The van der Waals surface area contributed by atoms with E-state index in [1.54, 1.807) is 56.3 Å². The summed E-state index contributed by atoms with van der Waals surface area (Å²) >= 11 is 0. The van der Waals surface area contributed by atoms with Crippen molar-refractivity contribution >= 4 is 12.1 Å². The van der Waals surface area contributed by atoms with Crippen LogP contribution >= 0.6 is 0 Å². The second-order valence-electron chi connectivity index (χ2n) is 9.95. The number of oxazole rings is 1. The van der Waals surface area contributed by atoms with Crippen LogP contribution < -0.4 is 14.8 Å². The number of alkyl carbamates (subject to hydrolysis) is 1. The van der Waals surface area contributed by atoms with Crippen molar-refractivity contribution in [1.82, 2.24) is 10.3 Å². The number of hydrogen-bond acceptors (Lipinski definition) is 7. The van der Waals surface area contributed by atoms with Crippen LogP contribution in [-0.4, -0.2) is 34.9 Å². The molecule has 0 unspecified atom stereocenters. The van der Waals surface area contributed by atoms with Gasteiger partial charge in [0.05, 0.1) is 18.4 Å². The fraction of sp³-hybridized carbons (Fsp3) is 0.281. The number of hydrogen-bond donors (Lipinski definition) is 2. The molecular formula is C32H32F2N2O7. The maximum Gasteiger partial charge on any atom is 0.407 e. The van der Waals surface area contributed by atoms with E-state index < -0.39 is 23.7 Å². The Balaban J connectivity index is 1.36. The Morgan fingerprint density at radius 1 is 0.930 bits per heavy atom. The van der Waals surface area contributed by atoms with Gasteiger partial charge in [-0.3, -0.25) is 4.79 Å². The van der Waals surface area contributed by atoms with Gasteiger partial charge in [-0.05, 0) is 86.8 Å². The van der Waals surface area contributed by atoms with E-state index in [2.05, 4.69) is 10.3 Å². The normalized spacial score (nSPS) is 10.9. The number of carbonyl (C=O) groups excluding carboxylic acids is 1. The maximum absolute atomic E-state index is 13.5. The van der Waals surface area contributed by atoms with Crippen LogP contribution in [0.4, 0.5) is 13.6 Å². The molecule has 9 nitrogen and oxygen atoms in total. The summed E-state index contributed by atoms with van der Waals surface area (Å²) in [4.78, 5) is 27.6. The SMILES string of the molecule is Cc1oc(-c2ccc(Oc3ccc(F)c(F)c3)cc2)nc1CCOc1ccc(CCC(=O)O)c(CNC(=O)OC(C)C)c1. The Labute approximate surface area is 247 Å². The molecule has 226 valence electrons. The summed E-state index contributed by atoms with van der Waals surface area (Å²) in [6.07, 6.45) is -0.100. The summed E-state index contributed by atoms with van der Waals surface area (Å²) in [5.74, 6) is -0.626. The van der Waals surface area contributed by atoms with Crippen LogP contribution in [-0.2, 0) is 28.9 Å². The van der Waals surface area contributed by atoms with Crippen LogP contribution in [0.15, 0.2) is 65.1 Å². The molecule has 0 aliphatic heterocycles. The number of carbonyl (C=O) groups is 2. The molecule has 11 heteroatoms. The molecule has 1 heterocycles. The molecule has 0 fully saturated rings. The van der Waals surface area contributed by atoms with Crippen LogP contribution in [0, 0.1) is 18.6 Å². The van der Waals surface area contributed by atoms with Gasteiger partial charge in [0.25, 0.3) is 0 Å². The first kappa shape index (κ1) is 31.0. The lowest BCUT2D eigenvalue weighted by Gasteiger charge is -2.14. The Morgan fingerprint density at radius 2 is 1.65 bits per heavy atom. The average Bonchev–Trinajstić information content (AvgIpc) is 3.33. The zero-order valence-corrected chi connectivity index (χ0v) is 24.0. The first-order valence-corrected chi connectivity index (χ1v) is 13.7. The van der Waals surface area contributed by atoms with Crippen molar-refractivity contribution in [1.29, 1.82) is 0 Å². The quantitative estimate of drug-likeness (QED) is 0.170. The highest BCUT2D eigenvalue weighted by molar-refractivity contribution is 5.68. The molecule has 0 saturated heterocycles. The number of carboxylic acids is 1. The molecule has 0 bridgehead atoms. The smallest absolute Gasteiger partial charge is 0.407 e. The Hall–Kier alpha value is -4.93. The molecule has 0 aliphatic rings. The second-order valence-corrected chi connectivity index (χ2v) is 9.95. The molecule has 4 rings (SSSR count). The summed E-state index contributed by atoms with van der Waals surface area (Å²) in [6, 6.07) is 15.5. The third-order valence-electron chi connectivity index (χ3n) is 6.28. The van der Waals surface area contributed by atoms with E-state index >= 15 is 0 Å². The van der Waals surface area contributed by atoms with Crippen molar-refractivity contribution in [2.45, 2.75) is 52.7 Å². The predicted molar refractivity (Wildman–Crippen MR) is 153 cm³/mol. The number of ether oxygens (including phenoxy) is 3. The van der Waals surface area contributed by atoms with Gasteiger partial charge in [-0.25, -0.2) is 18.6 Å². The molecule has 43 heavy (non-hydrogen) atoms. The number of aryl methyl sites for hydroxylation is 2. The Bertz CT molecular complexity index is 1570. The number of nitrogens with zero attached hydrogens (tertiary/aromatic N) is 1. The fourth-order valence-electron chi connectivity index (χ4n) is 4.16. The number of aromatic nitrogens is 1. The zero-order chi connectivity index (χ0) is 30.9. The van der Waals surface area contributed by atoms with Gasteiger partial charge in [0, 0.05) is 31.0 Å². The highest BCUT2D eigenvalue weighted by atomic mass is 19.2. The molecular weight excluding hydrogens is 562 g/mol. The lowest BCUT2D eigenvalue weighted by molar-refractivity contribution is -0.136. The fourth-order valence-corrected chi connectivity index (χ4v) is 4.16. The molecule has 0 spiro atoms. The first-order valence-electron chi connectivity index (χ1n) is 13.7. The first-order chi connectivity index (χ1) is 20.6. The highest BCUT2D eigenvalue weighted by Crippen LogP contribution is 2.28. The summed E-state index contributed by atoms with van der Waals surface area (Å²) < 4.78 is 49.1. The van der Waals surface area contributed by atoms with Gasteiger partial charge < -0.3 is 29.1 Å². The monoisotopic (exact) mass is 594 g/mol. The summed E-state index contributed by atoms with van der Waals surface area (Å²) in [7, 11) is 0. The number of carboxylic acid groups (broad SMARTS) is 1. The van der Waals surface area contributed by atoms with Gasteiger partial charge >= 0.3 is 12.1 Å². The molecule has 0 saturated carbocycles. The van der Waals surface area contributed by atoms with Crippen molar-refractivity contribution in [3.8, 4) is 28.7 Å². The molecule has 0 aliphatic carbocycles. The maximum atomic E-state index is 13.5. The number of amides is 1. The van der Waals surface area contributed by atoms with E-state index in [0.29, 0.717) is 53.9 Å². The van der Waals surface area contributed by atoms with E-state index in [4.69, 9.17) is 23.7 Å². The minimum absolute atomic E-state index is 0.0403. The minimum Gasteiger partial charge on any atom is -0.493 e. The van der Waals surface area contributed by atoms with Gasteiger partial charge in [-0.15, -0.1) is 0 Å². The molecule has 3 aromatic carbocycles. The molecule has 1 aromatic heterocycles. The van der Waals surface area contributed by atoms with Gasteiger partial charge in [0.2, 0.25) is 5.89 Å². The topological polar surface area (TPSA) is 120 Å². The molecule has 1 amide bonds. The molecule has 0 atom stereocenters. The van der Waals surface area contributed by atoms with E-state index in [0.717, 1.165) is 23.3 Å². The van der Waals surface area contributed by atoms with E-state index in [-0.39, 0.29) is 24.8 Å². The number of halogens is 2. The number of rotatable bonds is 13. The van der Waals surface area contributed by atoms with E-state index in [1.807, 2.05) is 6.92 Å². The predicted octanol–water partition coefficient (Wildman–Crippen LogP) is 6.99. The van der Waals surface area contributed by atoms with Crippen molar-refractivity contribution in [2.24, 2.45) is 0 Å². The Kier molecular flexibility index (Phi) is 10.3. The summed E-state index contributed by atoms with van der Waals surface area (Å²) in [5.41, 5.74) is 2.95. The highest BCUT2D eigenvalue weighted by Gasteiger charge is 2.14. The zero-order valence-electron chi connectivity index (χ0n) is 24.0. The van der Waals surface area contributed by atoms with Gasteiger partial charge in [0.1, 0.15) is 23.0 Å². The molecule has 0 radical (unpaired) electrons. The van der Waals surface area contributed by atoms with Crippen LogP contribution in [0.1, 0.15) is 42.8 Å². The minimum atomic E-state index is -0.991. The third kappa shape index (κ3) is 9.03. The summed E-state index contributed by atoms with van der Waals surface area (Å²) in [5, 5.41) is 11.8. The van der Waals surface area contributed by atoms with Gasteiger partial charge in [-0.1, -0.05) is 6.07 Å². The van der Waals surface area contributed by atoms with Crippen molar-refractivity contribution < 1.29 is 42.1 Å². The number of benzene rings is 3. The van der Waals surface area contributed by atoms with Crippen LogP contribution in [0.3, 0.4) is 0 Å². The second kappa shape index (κ2) is 14.3. The standard InChI is InChI=1S/C32H32F2N2O7/c1-19(2)41-32(39)35-18-23-16-25(10-4-21(23)7-13-30(37)38)40-15-14-29-20(3)42-31(36-29)22-5-8-24(9-6-22)43-26-11-12-27(33)28(34)17-26/h4-6,8-12,16-17,19H,7,13-15,18H2,1-3H3,(H,35,39)(H,37,38). The van der Waals surface area contributed by atoms with E-state index in [1.165, 1.54) is 6.07 Å². The van der Waals surface area contributed by atoms with Crippen LogP contribution in [0.2, 0.25) is 0 Å². The molecule has 2 N–H and O–H groups in total. The Morgan fingerprint density at radius 3 is 2.35 bits per heavy atom. The van der Waals surface area contributed by atoms with Crippen molar-refractivity contribution in [2.75, 3.05) is 6.61 Å². The van der Waals surface area contributed by atoms with Crippen LogP contribution in [0.5, 0.6) is 17.2 Å². The molecule has 4 aromatic rings. The number of aliphatic carboxylic acids is 1.